The Morgan fingerprint density at radius 1 is 1.40 bits per heavy atom. The lowest BCUT2D eigenvalue weighted by molar-refractivity contribution is -0.134. The minimum absolute atomic E-state index is 0.0470. The zero-order valence-corrected chi connectivity index (χ0v) is 14.9. The molecular weight excluding hydrogens is 322 g/mol. The lowest BCUT2D eigenvalue weighted by Crippen LogP contribution is -2.52. The van der Waals surface area contributed by atoms with Gasteiger partial charge in [-0.1, -0.05) is 18.2 Å². The molecule has 0 radical (unpaired) electrons. The first-order chi connectivity index (χ1) is 11.8. The van der Waals surface area contributed by atoms with Gasteiger partial charge in [-0.25, -0.2) is 0 Å². The molecule has 1 saturated heterocycles. The van der Waals surface area contributed by atoms with Crippen LogP contribution in [-0.2, 0) is 16.1 Å². The summed E-state index contributed by atoms with van der Waals surface area (Å²) in [6.07, 6.45) is 1.18. The SMILES string of the molecule is COc1ccccc1CN(C)C(=O)CN1CCCC(O)(CC(N)=O)C1. The van der Waals surface area contributed by atoms with E-state index in [2.05, 4.69) is 0 Å². The molecule has 2 amide bonds. The third-order valence-corrected chi connectivity index (χ3v) is 4.52. The van der Waals surface area contributed by atoms with Gasteiger partial charge in [0.2, 0.25) is 11.8 Å². The number of rotatable bonds is 7. The average molecular weight is 349 g/mol. The molecule has 1 aliphatic rings. The van der Waals surface area contributed by atoms with E-state index >= 15 is 0 Å². The van der Waals surface area contributed by atoms with E-state index in [0.717, 1.165) is 24.3 Å². The number of amides is 2. The summed E-state index contributed by atoms with van der Waals surface area (Å²) in [6, 6.07) is 7.58. The topological polar surface area (TPSA) is 96.1 Å². The summed E-state index contributed by atoms with van der Waals surface area (Å²) in [5, 5.41) is 10.5. The molecule has 1 aromatic rings. The molecule has 1 aliphatic heterocycles. The maximum Gasteiger partial charge on any atom is 0.236 e. The zero-order valence-electron chi connectivity index (χ0n) is 14.9. The molecule has 1 atom stereocenters. The van der Waals surface area contributed by atoms with Crippen LogP contribution in [0.15, 0.2) is 24.3 Å². The van der Waals surface area contributed by atoms with Crippen LogP contribution >= 0.6 is 0 Å². The van der Waals surface area contributed by atoms with E-state index < -0.39 is 11.5 Å². The van der Waals surface area contributed by atoms with Gasteiger partial charge < -0.3 is 20.5 Å². The van der Waals surface area contributed by atoms with Gasteiger partial charge in [-0.3, -0.25) is 14.5 Å². The number of nitrogens with zero attached hydrogens (tertiary/aromatic N) is 2. The van der Waals surface area contributed by atoms with Crippen molar-refractivity contribution in [3.05, 3.63) is 29.8 Å². The number of carbonyl (C=O) groups is 2. The summed E-state index contributed by atoms with van der Waals surface area (Å²) < 4.78 is 5.31. The molecular formula is C18H27N3O4. The molecule has 1 unspecified atom stereocenters. The van der Waals surface area contributed by atoms with E-state index in [-0.39, 0.29) is 25.4 Å². The highest BCUT2D eigenvalue weighted by Gasteiger charge is 2.35. The van der Waals surface area contributed by atoms with Crippen LogP contribution in [0.4, 0.5) is 0 Å². The van der Waals surface area contributed by atoms with Crippen LogP contribution in [0.3, 0.4) is 0 Å². The van der Waals surface area contributed by atoms with E-state index in [9.17, 15) is 14.7 Å². The second-order valence-electron chi connectivity index (χ2n) is 6.74. The molecule has 0 aliphatic carbocycles. The number of benzene rings is 1. The van der Waals surface area contributed by atoms with Crippen LogP contribution in [0, 0.1) is 0 Å². The number of ether oxygens (including phenoxy) is 1. The van der Waals surface area contributed by atoms with Gasteiger partial charge >= 0.3 is 0 Å². The van der Waals surface area contributed by atoms with Gasteiger partial charge in [0.15, 0.2) is 0 Å². The van der Waals surface area contributed by atoms with E-state index in [1.807, 2.05) is 29.2 Å². The Hall–Kier alpha value is -2.12. The van der Waals surface area contributed by atoms with Gasteiger partial charge in [-0.15, -0.1) is 0 Å². The van der Waals surface area contributed by atoms with Crippen molar-refractivity contribution in [2.24, 2.45) is 5.73 Å². The Bertz CT molecular complexity index is 622. The molecule has 7 nitrogen and oxygen atoms in total. The third kappa shape index (κ3) is 5.44. The first-order valence-corrected chi connectivity index (χ1v) is 8.42. The summed E-state index contributed by atoms with van der Waals surface area (Å²) in [7, 11) is 3.35. The van der Waals surface area contributed by atoms with Crippen LogP contribution in [-0.4, -0.2) is 66.1 Å². The largest absolute Gasteiger partial charge is 0.496 e. The summed E-state index contributed by atoms with van der Waals surface area (Å²) in [5.74, 6) is 0.175. The van der Waals surface area contributed by atoms with Crippen molar-refractivity contribution in [1.29, 1.82) is 0 Å². The average Bonchev–Trinajstić information content (AvgIpc) is 2.54. The van der Waals surface area contributed by atoms with Crippen molar-refractivity contribution >= 4 is 11.8 Å². The monoisotopic (exact) mass is 349 g/mol. The third-order valence-electron chi connectivity index (χ3n) is 4.52. The van der Waals surface area contributed by atoms with Crippen molar-refractivity contribution in [3.8, 4) is 5.75 Å². The minimum Gasteiger partial charge on any atom is -0.496 e. The normalized spacial score (nSPS) is 20.9. The standard InChI is InChI=1S/C18H27N3O4/c1-20(11-14-6-3-4-7-15(14)25-2)17(23)12-21-9-5-8-18(24,13-21)10-16(19)22/h3-4,6-7,24H,5,8-13H2,1-2H3,(H2,19,22). The smallest absolute Gasteiger partial charge is 0.236 e. The van der Waals surface area contributed by atoms with Gasteiger partial charge in [-0.2, -0.15) is 0 Å². The van der Waals surface area contributed by atoms with E-state index in [4.69, 9.17) is 10.5 Å². The van der Waals surface area contributed by atoms with Crippen molar-refractivity contribution < 1.29 is 19.4 Å². The number of aliphatic hydroxyl groups is 1. The van der Waals surface area contributed by atoms with Crippen LogP contribution in [0.25, 0.3) is 0 Å². The molecule has 1 heterocycles. The number of methoxy groups -OCH3 is 1. The number of hydrogen-bond donors (Lipinski definition) is 2. The number of para-hydroxylation sites is 1. The van der Waals surface area contributed by atoms with Gasteiger partial charge in [0.25, 0.3) is 0 Å². The Morgan fingerprint density at radius 2 is 2.12 bits per heavy atom. The molecule has 0 bridgehead atoms. The van der Waals surface area contributed by atoms with Crippen molar-refractivity contribution in [2.75, 3.05) is 33.8 Å². The molecule has 1 fully saturated rings. The fraction of sp³-hybridized carbons (Fsp3) is 0.556. The molecule has 1 aromatic carbocycles. The maximum atomic E-state index is 12.5. The van der Waals surface area contributed by atoms with Gasteiger partial charge in [0.05, 0.1) is 25.7 Å². The zero-order chi connectivity index (χ0) is 18.4. The number of likely N-dealkylation sites (N-methyl/N-ethyl adjacent to an activating group) is 1. The summed E-state index contributed by atoms with van der Waals surface area (Å²) in [4.78, 5) is 27.2. The van der Waals surface area contributed by atoms with E-state index in [1.165, 1.54) is 0 Å². The Labute approximate surface area is 148 Å². The molecule has 138 valence electrons. The quantitative estimate of drug-likeness (QED) is 0.741. The first-order valence-electron chi connectivity index (χ1n) is 8.42. The number of hydrogen-bond acceptors (Lipinski definition) is 5. The van der Waals surface area contributed by atoms with Crippen LogP contribution in [0.5, 0.6) is 5.75 Å². The van der Waals surface area contributed by atoms with Crippen molar-refractivity contribution in [1.82, 2.24) is 9.80 Å². The Kier molecular flexibility index (Phi) is 6.39. The van der Waals surface area contributed by atoms with Crippen LogP contribution in [0.1, 0.15) is 24.8 Å². The maximum absolute atomic E-state index is 12.5. The molecule has 0 aromatic heterocycles. The van der Waals surface area contributed by atoms with Crippen LogP contribution in [0.2, 0.25) is 0 Å². The lowest BCUT2D eigenvalue weighted by atomic mass is 9.89. The van der Waals surface area contributed by atoms with Crippen molar-refractivity contribution in [3.63, 3.8) is 0 Å². The van der Waals surface area contributed by atoms with Gasteiger partial charge in [-0.05, 0) is 25.5 Å². The molecule has 3 N–H and O–H groups in total. The molecule has 25 heavy (non-hydrogen) atoms. The predicted octanol–water partition coefficient (Wildman–Crippen LogP) is 0.356. The predicted molar refractivity (Wildman–Crippen MR) is 93.9 cm³/mol. The summed E-state index contributed by atoms with van der Waals surface area (Å²) in [6.45, 7) is 1.65. The summed E-state index contributed by atoms with van der Waals surface area (Å²) >= 11 is 0. The number of primary amides is 1. The fourth-order valence-corrected chi connectivity index (χ4v) is 3.30. The Balaban J connectivity index is 1.93. The number of likely N-dealkylation sites (tertiary alicyclic amines) is 1. The van der Waals surface area contributed by atoms with Gasteiger partial charge in [0, 0.05) is 25.7 Å². The number of piperidine rings is 1. The highest BCUT2D eigenvalue weighted by molar-refractivity contribution is 5.78. The van der Waals surface area contributed by atoms with Crippen molar-refractivity contribution in [2.45, 2.75) is 31.4 Å². The van der Waals surface area contributed by atoms with Gasteiger partial charge in [0.1, 0.15) is 5.75 Å². The molecule has 0 spiro atoms. The fourth-order valence-electron chi connectivity index (χ4n) is 3.30. The molecule has 7 heteroatoms. The minimum atomic E-state index is -1.13. The summed E-state index contributed by atoms with van der Waals surface area (Å²) in [5.41, 5.74) is 5.01. The van der Waals surface area contributed by atoms with Crippen LogP contribution < -0.4 is 10.5 Å². The second kappa shape index (κ2) is 8.31. The second-order valence-corrected chi connectivity index (χ2v) is 6.74. The van der Waals surface area contributed by atoms with E-state index in [0.29, 0.717) is 13.0 Å². The lowest BCUT2D eigenvalue weighted by Gasteiger charge is -2.38. The first kappa shape index (κ1) is 19.2. The highest BCUT2D eigenvalue weighted by Crippen LogP contribution is 2.24. The van der Waals surface area contributed by atoms with E-state index in [1.54, 1.807) is 19.1 Å². The number of β-amino-alcohol motifs (C(OH)–C–C–N with tert-alkyl or cyclic N) is 1. The highest BCUT2D eigenvalue weighted by atomic mass is 16.5. The number of nitrogens with two attached hydrogens (primary N) is 1. The molecule has 0 saturated carbocycles. The number of carbonyl (C=O) groups excluding carboxylic acids is 2. The molecule has 2 rings (SSSR count). The Morgan fingerprint density at radius 3 is 2.80 bits per heavy atom.